The number of nitrogens with zero attached hydrogens (tertiary/aromatic N) is 1. The molecule has 0 heterocycles. The lowest BCUT2D eigenvalue weighted by molar-refractivity contribution is -0.163. The lowest BCUT2D eigenvalue weighted by atomic mass is 10.4. The minimum Gasteiger partial charge on any atom is -0.440 e. The number of carbonyl (C=O) groups excluding carboxylic acids is 1. The number of rotatable bonds is 3. The van der Waals surface area contributed by atoms with Crippen molar-refractivity contribution in [1.82, 2.24) is 4.90 Å². The second-order valence-electron chi connectivity index (χ2n) is 2.96. The van der Waals surface area contributed by atoms with Gasteiger partial charge in [-0.05, 0) is 0 Å². The van der Waals surface area contributed by atoms with Gasteiger partial charge in [-0.3, -0.25) is 0 Å². The minimum atomic E-state index is -4.69. The van der Waals surface area contributed by atoms with Gasteiger partial charge in [0.05, 0.1) is 6.42 Å². The fourth-order valence-corrected chi connectivity index (χ4v) is 0.640. The zero-order valence-corrected chi connectivity index (χ0v) is 8.15. The van der Waals surface area contributed by atoms with Crippen LogP contribution in [0.2, 0.25) is 0 Å². The summed E-state index contributed by atoms with van der Waals surface area (Å²) in [7, 11) is 0.921. The first-order valence-electron chi connectivity index (χ1n) is 4.02. The molecule has 1 amide bonds. The normalized spacial score (nSPS) is 12.4. The Morgan fingerprint density at radius 2 is 1.62 bits per heavy atom. The maximum Gasteiger partial charge on any atom is 0.422 e. The standard InChI is InChI=1S/C7H9F6NO2/c1-14(3-2-6(8,9)10)5(15)16-4-7(11,12)13/h2-4H2,1H3. The highest BCUT2D eigenvalue weighted by atomic mass is 19.4. The Morgan fingerprint density at radius 3 is 2.00 bits per heavy atom. The van der Waals surface area contributed by atoms with Crippen LogP contribution in [0.15, 0.2) is 0 Å². The Balaban J connectivity index is 3.92. The van der Waals surface area contributed by atoms with Crippen molar-refractivity contribution >= 4 is 6.09 Å². The molecule has 0 radical (unpaired) electrons. The molecule has 0 N–H and O–H groups in total. The predicted octanol–water partition coefficient (Wildman–Crippen LogP) is 2.57. The molecule has 96 valence electrons. The third-order valence-corrected chi connectivity index (χ3v) is 1.40. The van der Waals surface area contributed by atoms with Gasteiger partial charge in [0.15, 0.2) is 6.61 Å². The molecular weight excluding hydrogens is 244 g/mol. The molecule has 0 spiro atoms. The molecule has 0 aliphatic carbocycles. The van der Waals surface area contributed by atoms with E-state index in [4.69, 9.17) is 0 Å². The monoisotopic (exact) mass is 253 g/mol. The second-order valence-corrected chi connectivity index (χ2v) is 2.96. The number of hydrogen-bond donors (Lipinski definition) is 0. The maximum absolute atomic E-state index is 11.7. The van der Waals surface area contributed by atoms with Gasteiger partial charge in [-0.2, -0.15) is 26.3 Å². The van der Waals surface area contributed by atoms with Crippen LogP contribution in [0.3, 0.4) is 0 Å². The SMILES string of the molecule is CN(CCC(F)(F)F)C(=O)OCC(F)(F)F. The zero-order chi connectivity index (χ0) is 13.0. The van der Waals surface area contributed by atoms with Crippen LogP contribution in [0.1, 0.15) is 6.42 Å². The topological polar surface area (TPSA) is 29.5 Å². The fraction of sp³-hybridized carbons (Fsp3) is 0.857. The number of amides is 1. The van der Waals surface area contributed by atoms with E-state index < -0.39 is 38.0 Å². The van der Waals surface area contributed by atoms with E-state index in [2.05, 4.69) is 4.74 Å². The molecule has 0 aromatic heterocycles. The van der Waals surface area contributed by atoms with Crippen LogP contribution in [0.25, 0.3) is 0 Å². The van der Waals surface area contributed by atoms with Gasteiger partial charge >= 0.3 is 18.4 Å². The second kappa shape index (κ2) is 5.26. The van der Waals surface area contributed by atoms with Crippen LogP contribution >= 0.6 is 0 Å². The van der Waals surface area contributed by atoms with Crippen molar-refractivity contribution in [3.8, 4) is 0 Å². The van der Waals surface area contributed by atoms with Gasteiger partial charge in [0.2, 0.25) is 0 Å². The Kier molecular flexibility index (Phi) is 4.88. The Bertz CT molecular complexity index is 236. The van der Waals surface area contributed by atoms with Gasteiger partial charge in [0.25, 0.3) is 0 Å². The van der Waals surface area contributed by atoms with Gasteiger partial charge in [0, 0.05) is 13.6 Å². The molecule has 0 saturated carbocycles. The molecule has 0 rings (SSSR count). The van der Waals surface area contributed by atoms with Crippen LogP contribution in [-0.4, -0.2) is 43.5 Å². The molecule has 16 heavy (non-hydrogen) atoms. The summed E-state index contributed by atoms with van der Waals surface area (Å²) in [5.41, 5.74) is 0. The average molecular weight is 253 g/mol. The number of alkyl halides is 6. The summed E-state index contributed by atoms with van der Waals surface area (Å²) in [6.45, 7) is -2.57. The number of carbonyl (C=O) groups is 1. The smallest absolute Gasteiger partial charge is 0.422 e. The van der Waals surface area contributed by atoms with E-state index in [1.54, 1.807) is 0 Å². The summed E-state index contributed by atoms with van der Waals surface area (Å²) in [4.78, 5) is 11.2. The third-order valence-electron chi connectivity index (χ3n) is 1.40. The summed E-state index contributed by atoms with van der Waals surface area (Å²) in [6, 6.07) is 0. The van der Waals surface area contributed by atoms with Crippen molar-refractivity contribution in [2.75, 3.05) is 20.2 Å². The number of hydrogen-bond acceptors (Lipinski definition) is 2. The van der Waals surface area contributed by atoms with Crippen molar-refractivity contribution < 1.29 is 35.9 Å². The van der Waals surface area contributed by atoms with E-state index in [0.29, 0.717) is 4.90 Å². The largest absolute Gasteiger partial charge is 0.440 e. The number of ether oxygens (including phenoxy) is 1. The summed E-state index contributed by atoms with van der Waals surface area (Å²) < 4.78 is 73.6. The molecule has 0 aromatic carbocycles. The van der Waals surface area contributed by atoms with E-state index in [1.807, 2.05) is 0 Å². The maximum atomic E-state index is 11.7. The molecule has 0 fully saturated rings. The predicted molar refractivity (Wildman–Crippen MR) is 40.7 cm³/mol. The van der Waals surface area contributed by atoms with Crippen molar-refractivity contribution in [3.05, 3.63) is 0 Å². The van der Waals surface area contributed by atoms with Gasteiger partial charge in [-0.1, -0.05) is 0 Å². The average Bonchev–Trinajstić information content (AvgIpc) is 2.07. The van der Waals surface area contributed by atoms with E-state index in [-0.39, 0.29) is 0 Å². The van der Waals surface area contributed by atoms with Gasteiger partial charge in [-0.25, -0.2) is 4.79 Å². The van der Waals surface area contributed by atoms with E-state index in [1.165, 1.54) is 0 Å². The molecule has 0 aliphatic rings. The summed E-state index contributed by atoms with van der Waals surface area (Å²) in [6.07, 6.45) is -11.9. The molecule has 0 unspecified atom stereocenters. The first-order chi connectivity index (χ1) is 7.01. The molecule has 0 aromatic rings. The minimum absolute atomic E-state index is 0.430. The Labute approximate surface area is 87.0 Å². The molecule has 0 atom stereocenters. The van der Waals surface area contributed by atoms with Crippen molar-refractivity contribution in [2.45, 2.75) is 18.8 Å². The Hall–Kier alpha value is -1.15. The highest BCUT2D eigenvalue weighted by Gasteiger charge is 2.31. The van der Waals surface area contributed by atoms with Crippen molar-refractivity contribution in [1.29, 1.82) is 0 Å². The molecule has 0 bridgehead atoms. The van der Waals surface area contributed by atoms with Gasteiger partial charge in [0.1, 0.15) is 0 Å². The lowest BCUT2D eigenvalue weighted by Crippen LogP contribution is -2.33. The van der Waals surface area contributed by atoms with Crippen LogP contribution in [0.4, 0.5) is 31.1 Å². The van der Waals surface area contributed by atoms with Gasteiger partial charge < -0.3 is 9.64 Å². The molecule has 3 nitrogen and oxygen atoms in total. The molecule has 0 saturated heterocycles. The summed E-state index contributed by atoms with van der Waals surface area (Å²) in [5, 5.41) is 0. The lowest BCUT2D eigenvalue weighted by Gasteiger charge is -2.18. The summed E-state index contributed by atoms with van der Waals surface area (Å²) >= 11 is 0. The van der Waals surface area contributed by atoms with Crippen LogP contribution < -0.4 is 0 Å². The van der Waals surface area contributed by atoms with E-state index >= 15 is 0 Å². The van der Waals surface area contributed by atoms with Crippen molar-refractivity contribution in [3.63, 3.8) is 0 Å². The molecule has 0 aliphatic heterocycles. The Morgan fingerprint density at radius 1 is 1.12 bits per heavy atom. The molecule has 9 heteroatoms. The first-order valence-corrected chi connectivity index (χ1v) is 4.02. The van der Waals surface area contributed by atoms with E-state index in [9.17, 15) is 31.1 Å². The van der Waals surface area contributed by atoms with Crippen LogP contribution in [0.5, 0.6) is 0 Å². The van der Waals surface area contributed by atoms with Crippen LogP contribution in [0, 0.1) is 0 Å². The van der Waals surface area contributed by atoms with E-state index in [0.717, 1.165) is 7.05 Å². The first kappa shape index (κ1) is 14.8. The molecular formula is C7H9F6NO2. The fourth-order valence-electron chi connectivity index (χ4n) is 0.640. The zero-order valence-electron chi connectivity index (χ0n) is 8.15. The number of halogens is 6. The highest BCUT2D eigenvalue weighted by molar-refractivity contribution is 5.67. The third kappa shape index (κ3) is 8.18. The highest BCUT2D eigenvalue weighted by Crippen LogP contribution is 2.20. The van der Waals surface area contributed by atoms with Gasteiger partial charge in [-0.15, -0.1) is 0 Å². The summed E-state index contributed by atoms with van der Waals surface area (Å²) in [5.74, 6) is 0. The van der Waals surface area contributed by atoms with Crippen LogP contribution in [-0.2, 0) is 4.74 Å². The quantitative estimate of drug-likeness (QED) is 0.723. The van der Waals surface area contributed by atoms with Crippen molar-refractivity contribution in [2.24, 2.45) is 0 Å².